The van der Waals surface area contributed by atoms with E-state index in [2.05, 4.69) is 0 Å². The van der Waals surface area contributed by atoms with Crippen LogP contribution in [0.25, 0.3) is 0 Å². The van der Waals surface area contributed by atoms with Gasteiger partial charge in [0.25, 0.3) is 0 Å². The molecule has 1 unspecified atom stereocenters. The second-order valence-electron chi connectivity index (χ2n) is 3.90. The Morgan fingerprint density at radius 2 is 1.87 bits per heavy atom. The van der Waals surface area contributed by atoms with Gasteiger partial charge < -0.3 is 14.6 Å². The van der Waals surface area contributed by atoms with E-state index in [1.54, 1.807) is 4.90 Å². The lowest BCUT2D eigenvalue weighted by atomic mass is 10.1. The second-order valence-corrected chi connectivity index (χ2v) is 3.90. The number of aliphatic hydroxyl groups is 1. The lowest BCUT2D eigenvalue weighted by molar-refractivity contribution is 0.0388. The number of rotatable bonds is 2. The highest BCUT2D eigenvalue weighted by Gasteiger charge is 2.20. The second kappa shape index (κ2) is 3.72. The van der Waals surface area contributed by atoms with Crippen LogP contribution >= 0.6 is 0 Å². The minimum absolute atomic E-state index is 0.260. The van der Waals surface area contributed by atoms with Gasteiger partial charge in [0.05, 0.1) is 0 Å². The van der Waals surface area contributed by atoms with E-state index >= 15 is 0 Å². The Morgan fingerprint density at radius 1 is 1.27 bits per heavy atom. The van der Waals surface area contributed by atoms with Gasteiger partial charge in [0.15, 0.2) is 11.5 Å². The lowest BCUT2D eigenvalue weighted by Gasteiger charge is -2.20. The molecule has 0 fully saturated rings. The molecule has 2 rings (SSSR count). The van der Waals surface area contributed by atoms with Gasteiger partial charge in [0.2, 0.25) is 6.79 Å². The molecular formula is C11H15NO3. The molecule has 82 valence electrons. The Balaban J connectivity index is 2.40. The number of aryl methyl sites for hydroxylation is 1. The summed E-state index contributed by atoms with van der Waals surface area (Å²) in [5.41, 5.74) is 1.85. The van der Waals surface area contributed by atoms with Gasteiger partial charge in [-0.3, -0.25) is 4.90 Å². The highest BCUT2D eigenvalue weighted by Crippen LogP contribution is 2.36. The van der Waals surface area contributed by atoms with Crippen LogP contribution in [0.3, 0.4) is 0 Å². The molecule has 4 nitrogen and oxygen atoms in total. The number of nitrogens with zero attached hydrogens (tertiary/aromatic N) is 1. The van der Waals surface area contributed by atoms with Crippen molar-refractivity contribution in [3.63, 3.8) is 0 Å². The fourth-order valence-electron chi connectivity index (χ4n) is 1.62. The van der Waals surface area contributed by atoms with Gasteiger partial charge in [-0.1, -0.05) is 0 Å². The Morgan fingerprint density at radius 3 is 2.47 bits per heavy atom. The predicted octanol–water partition coefficient (Wildman–Crippen LogP) is 1.28. The van der Waals surface area contributed by atoms with E-state index in [1.807, 2.05) is 33.2 Å². The van der Waals surface area contributed by atoms with Crippen LogP contribution in [0.5, 0.6) is 11.5 Å². The molecule has 0 bridgehead atoms. The van der Waals surface area contributed by atoms with Crippen molar-refractivity contribution in [2.24, 2.45) is 0 Å². The molecule has 1 aliphatic rings. The van der Waals surface area contributed by atoms with Crippen molar-refractivity contribution in [1.29, 1.82) is 0 Å². The monoisotopic (exact) mass is 209 g/mol. The molecule has 0 saturated heterocycles. The minimum atomic E-state index is -0.612. The summed E-state index contributed by atoms with van der Waals surface area (Å²) in [6, 6.07) is 3.73. The molecule has 1 heterocycles. The maximum atomic E-state index is 9.94. The van der Waals surface area contributed by atoms with Crippen molar-refractivity contribution in [2.75, 3.05) is 20.9 Å². The average molecular weight is 209 g/mol. The van der Waals surface area contributed by atoms with Gasteiger partial charge in [-0.15, -0.1) is 0 Å². The van der Waals surface area contributed by atoms with Crippen LogP contribution in [0.1, 0.15) is 17.4 Å². The fourth-order valence-corrected chi connectivity index (χ4v) is 1.62. The maximum absolute atomic E-state index is 9.94. The molecule has 0 spiro atoms. The Hall–Kier alpha value is -1.26. The van der Waals surface area contributed by atoms with Gasteiger partial charge in [-0.25, -0.2) is 0 Å². The zero-order chi connectivity index (χ0) is 11.0. The zero-order valence-corrected chi connectivity index (χ0v) is 9.15. The molecule has 1 atom stereocenters. The summed E-state index contributed by atoms with van der Waals surface area (Å²) in [5, 5.41) is 9.94. The van der Waals surface area contributed by atoms with Crippen LogP contribution in [0.4, 0.5) is 0 Å². The number of hydrogen-bond donors (Lipinski definition) is 1. The predicted molar refractivity (Wildman–Crippen MR) is 55.9 cm³/mol. The van der Waals surface area contributed by atoms with Crippen LogP contribution in [0, 0.1) is 6.92 Å². The minimum Gasteiger partial charge on any atom is -0.454 e. The van der Waals surface area contributed by atoms with Crippen LogP contribution in [-0.4, -0.2) is 30.9 Å². The number of hydrogen-bond acceptors (Lipinski definition) is 4. The van der Waals surface area contributed by atoms with E-state index in [0.29, 0.717) is 5.75 Å². The molecular weight excluding hydrogens is 194 g/mol. The number of aliphatic hydroxyl groups excluding tert-OH is 1. The normalized spacial score (nSPS) is 15.8. The van der Waals surface area contributed by atoms with Crippen molar-refractivity contribution in [1.82, 2.24) is 4.90 Å². The molecule has 0 aromatic heterocycles. The first-order chi connectivity index (χ1) is 7.09. The summed E-state index contributed by atoms with van der Waals surface area (Å²) in [5.74, 6) is 1.46. The van der Waals surface area contributed by atoms with Gasteiger partial charge in [0.1, 0.15) is 6.23 Å². The standard InChI is InChI=1S/C11H15NO3/c1-7-4-9-10(15-6-14-9)5-8(7)11(13)12(2)3/h4-5,11,13H,6H2,1-3H3. The molecule has 1 aromatic carbocycles. The molecule has 0 radical (unpaired) electrons. The molecule has 15 heavy (non-hydrogen) atoms. The van der Waals surface area contributed by atoms with E-state index in [9.17, 15) is 5.11 Å². The first-order valence-corrected chi connectivity index (χ1v) is 4.84. The molecule has 0 amide bonds. The molecule has 1 aromatic rings. The highest BCUT2D eigenvalue weighted by atomic mass is 16.7. The topological polar surface area (TPSA) is 41.9 Å². The Bertz CT molecular complexity index is 376. The van der Waals surface area contributed by atoms with Crippen LogP contribution in [0.15, 0.2) is 12.1 Å². The third-order valence-corrected chi connectivity index (χ3v) is 2.53. The fraction of sp³-hybridized carbons (Fsp3) is 0.455. The zero-order valence-electron chi connectivity index (χ0n) is 9.15. The molecule has 1 aliphatic heterocycles. The van der Waals surface area contributed by atoms with Crippen molar-refractivity contribution in [3.05, 3.63) is 23.3 Å². The van der Waals surface area contributed by atoms with Gasteiger partial charge in [-0.05, 0) is 38.7 Å². The Kier molecular flexibility index (Phi) is 2.54. The molecule has 0 aliphatic carbocycles. The van der Waals surface area contributed by atoms with Crippen LogP contribution < -0.4 is 9.47 Å². The number of ether oxygens (including phenoxy) is 2. The summed E-state index contributed by atoms with van der Waals surface area (Å²) in [4.78, 5) is 1.74. The van der Waals surface area contributed by atoms with E-state index in [4.69, 9.17) is 9.47 Å². The van der Waals surface area contributed by atoms with E-state index in [-0.39, 0.29) is 6.79 Å². The molecule has 0 saturated carbocycles. The van der Waals surface area contributed by atoms with E-state index in [0.717, 1.165) is 16.9 Å². The third kappa shape index (κ3) is 1.78. The smallest absolute Gasteiger partial charge is 0.231 e. The summed E-state index contributed by atoms with van der Waals surface area (Å²) in [6.45, 7) is 2.21. The Labute approximate surface area is 89.0 Å². The van der Waals surface area contributed by atoms with Crippen LogP contribution in [-0.2, 0) is 0 Å². The van der Waals surface area contributed by atoms with Gasteiger partial charge >= 0.3 is 0 Å². The summed E-state index contributed by atoms with van der Waals surface area (Å²) in [6.07, 6.45) is -0.612. The largest absolute Gasteiger partial charge is 0.454 e. The maximum Gasteiger partial charge on any atom is 0.231 e. The summed E-state index contributed by atoms with van der Waals surface area (Å²) < 4.78 is 10.5. The van der Waals surface area contributed by atoms with E-state index < -0.39 is 6.23 Å². The average Bonchev–Trinajstić information content (AvgIpc) is 2.62. The number of benzene rings is 1. The molecule has 1 N–H and O–H groups in total. The lowest BCUT2D eigenvalue weighted by Crippen LogP contribution is -2.20. The highest BCUT2D eigenvalue weighted by molar-refractivity contribution is 5.48. The van der Waals surface area contributed by atoms with Crippen molar-refractivity contribution < 1.29 is 14.6 Å². The summed E-state index contributed by atoms with van der Waals surface area (Å²) in [7, 11) is 3.66. The van der Waals surface area contributed by atoms with Crippen molar-refractivity contribution in [3.8, 4) is 11.5 Å². The first kappa shape index (κ1) is 10.3. The SMILES string of the molecule is Cc1cc2c(cc1C(O)N(C)C)OCO2. The van der Waals surface area contributed by atoms with Crippen LogP contribution in [0.2, 0.25) is 0 Å². The molecule has 4 heteroatoms. The van der Waals surface area contributed by atoms with Gasteiger partial charge in [0, 0.05) is 5.56 Å². The third-order valence-electron chi connectivity index (χ3n) is 2.53. The van der Waals surface area contributed by atoms with E-state index in [1.165, 1.54) is 0 Å². The van der Waals surface area contributed by atoms with Crippen molar-refractivity contribution >= 4 is 0 Å². The van der Waals surface area contributed by atoms with Crippen molar-refractivity contribution in [2.45, 2.75) is 13.2 Å². The quantitative estimate of drug-likeness (QED) is 0.745. The first-order valence-electron chi connectivity index (χ1n) is 4.84. The summed E-state index contributed by atoms with van der Waals surface area (Å²) >= 11 is 0. The number of fused-ring (bicyclic) bond motifs is 1. The van der Waals surface area contributed by atoms with Gasteiger partial charge in [-0.2, -0.15) is 0 Å².